The van der Waals surface area contributed by atoms with Crippen LogP contribution < -0.4 is 4.90 Å². The minimum atomic E-state index is 0.509. The Morgan fingerprint density at radius 2 is 2.41 bits per heavy atom. The molecule has 1 aliphatic carbocycles. The fourth-order valence-electron chi connectivity index (χ4n) is 2.32. The molecule has 2 aromatic rings. The lowest BCUT2D eigenvalue weighted by molar-refractivity contribution is 0.603. The first-order chi connectivity index (χ1) is 8.22. The first kappa shape index (κ1) is 11.4. The number of hydrogen-bond acceptors (Lipinski definition) is 3. The Kier molecular flexibility index (Phi) is 2.79. The predicted octanol–water partition coefficient (Wildman–Crippen LogP) is 3.37. The van der Waals surface area contributed by atoms with Crippen LogP contribution in [0.15, 0.2) is 11.6 Å². The third-order valence-electron chi connectivity index (χ3n) is 3.72. The Labute approximate surface area is 110 Å². The molecule has 1 atom stereocenters. The number of hydrogen-bond donors (Lipinski definition) is 0. The first-order valence-corrected chi connectivity index (χ1v) is 7.37. The Hall–Kier alpha value is -0.740. The van der Waals surface area contributed by atoms with E-state index in [4.69, 9.17) is 16.6 Å². The van der Waals surface area contributed by atoms with Crippen molar-refractivity contribution in [2.24, 2.45) is 5.92 Å². The van der Waals surface area contributed by atoms with Gasteiger partial charge in [0.2, 0.25) is 0 Å². The number of imidazole rings is 1. The lowest BCUT2D eigenvalue weighted by Gasteiger charge is -2.25. The maximum absolute atomic E-state index is 6.07. The highest BCUT2D eigenvalue weighted by molar-refractivity contribution is 7.15. The molecule has 5 heteroatoms. The van der Waals surface area contributed by atoms with Crippen LogP contribution >= 0.6 is 22.9 Å². The Morgan fingerprint density at radius 3 is 3.06 bits per heavy atom. The molecule has 1 saturated carbocycles. The molecule has 92 valence electrons. The molecule has 0 spiro atoms. The van der Waals surface area contributed by atoms with Crippen molar-refractivity contribution >= 4 is 33.7 Å². The standard InChI is InChI=1S/C12H16ClN3S/c1-8(9-3-4-9)15(2)11-10(7-13)16-5-6-17-12(16)14-11/h5-6,8-9H,3-4,7H2,1-2H3. The molecule has 2 heterocycles. The number of alkyl halides is 1. The topological polar surface area (TPSA) is 20.5 Å². The Balaban J connectivity index is 1.99. The highest BCUT2D eigenvalue weighted by Gasteiger charge is 2.32. The van der Waals surface area contributed by atoms with Gasteiger partial charge in [-0.05, 0) is 25.7 Å². The second-order valence-electron chi connectivity index (χ2n) is 4.76. The van der Waals surface area contributed by atoms with E-state index in [2.05, 4.69) is 23.3 Å². The molecule has 1 fully saturated rings. The van der Waals surface area contributed by atoms with E-state index in [0.717, 1.165) is 22.4 Å². The van der Waals surface area contributed by atoms with Crippen molar-refractivity contribution in [2.75, 3.05) is 11.9 Å². The molecule has 0 saturated heterocycles. The normalized spacial score (nSPS) is 17.6. The number of aromatic nitrogens is 2. The highest BCUT2D eigenvalue weighted by atomic mass is 35.5. The summed E-state index contributed by atoms with van der Waals surface area (Å²) in [5.74, 6) is 2.39. The average Bonchev–Trinajstić information content (AvgIpc) is 2.97. The van der Waals surface area contributed by atoms with Gasteiger partial charge in [0.15, 0.2) is 10.8 Å². The molecule has 0 bridgehead atoms. The molecule has 1 unspecified atom stereocenters. The SMILES string of the molecule is CC(C1CC1)N(C)c1nc2sccn2c1CCl. The van der Waals surface area contributed by atoms with Crippen molar-refractivity contribution in [2.45, 2.75) is 31.7 Å². The zero-order chi connectivity index (χ0) is 12.0. The van der Waals surface area contributed by atoms with Crippen LogP contribution in [0.25, 0.3) is 4.96 Å². The van der Waals surface area contributed by atoms with Gasteiger partial charge in [-0.1, -0.05) is 0 Å². The summed E-state index contributed by atoms with van der Waals surface area (Å²) < 4.78 is 2.10. The van der Waals surface area contributed by atoms with E-state index in [9.17, 15) is 0 Å². The van der Waals surface area contributed by atoms with Gasteiger partial charge in [0.25, 0.3) is 0 Å². The van der Waals surface area contributed by atoms with Crippen molar-refractivity contribution < 1.29 is 0 Å². The number of thiazole rings is 1. The monoisotopic (exact) mass is 269 g/mol. The van der Waals surface area contributed by atoms with Crippen LogP contribution in [0.3, 0.4) is 0 Å². The van der Waals surface area contributed by atoms with Gasteiger partial charge >= 0.3 is 0 Å². The van der Waals surface area contributed by atoms with E-state index in [-0.39, 0.29) is 0 Å². The maximum atomic E-state index is 6.07. The summed E-state index contributed by atoms with van der Waals surface area (Å²) in [5.41, 5.74) is 1.11. The number of nitrogens with zero attached hydrogens (tertiary/aromatic N) is 3. The molecule has 2 aromatic heterocycles. The highest BCUT2D eigenvalue weighted by Crippen LogP contribution is 2.37. The molecule has 1 aliphatic rings. The maximum Gasteiger partial charge on any atom is 0.195 e. The second kappa shape index (κ2) is 4.18. The summed E-state index contributed by atoms with van der Waals surface area (Å²) in [7, 11) is 2.13. The van der Waals surface area contributed by atoms with E-state index in [1.807, 2.05) is 11.6 Å². The van der Waals surface area contributed by atoms with Crippen LogP contribution in [0.5, 0.6) is 0 Å². The molecular weight excluding hydrogens is 254 g/mol. The minimum Gasteiger partial charge on any atom is -0.355 e. The van der Waals surface area contributed by atoms with Crippen LogP contribution in [-0.2, 0) is 5.88 Å². The fourth-order valence-corrected chi connectivity index (χ4v) is 3.29. The average molecular weight is 270 g/mol. The van der Waals surface area contributed by atoms with Crippen molar-refractivity contribution in [3.63, 3.8) is 0 Å². The Bertz CT molecular complexity index is 529. The van der Waals surface area contributed by atoms with Gasteiger partial charge in [0.05, 0.1) is 11.6 Å². The summed E-state index contributed by atoms with van der Waals surface area (Å²) >= 11 is 7.73. The van der Waals surface area contributed by atoms with E-state index in [1.165, 1.54) is 12.8 Å². The quantitative estimate of drug-likeness (QED) is 0.794. The van der Waals surface area contributed by atoms with Crippen molar-refractivity contribution in [1.82, 2.24) is 9.38 Å². The molecule has 0 aromatic carbocycles. The van der Waals surface area contributed by atoms with Crippen LogP contribution in [0.4, 0.5) is 5.82 Å². The smallest absolute Gasteiger partial charge is 0.195 e. The van der Waals surface area contributed by atoms with E-state index < -0.39 is 0 Å². The molecule has 17 heavy (non-hydrogen) atoms. The molecule has 0 N–H and O–H groups in total. The third kappa shape index (κ3) is 1.83. The molecule has 0 radical (unpaired) electrons. The predicted molar refractivity (Wildman–Crippen MR) is 73.2 cm³/mol. The van der Waals surface area contributed by atoms with Gasteiger partial charge in [0.1, 0.15) is 0 Å². The van der Waals surface area contributed by atoms with Gasteiger partial charge in [-0.3, -0.25) is 4.40 Å². The minimum absolute atomic E-state index is 0.509. The van der Waals surface area contributed by atoms with Crippen LogP contribution in [-0.4, -0.2) is 22.5 Å². The molecule has 3 nitrogen and oxygen atoms in total. The van der Waals surface area contributed by atoms with Gasteiger partial charge in [-0.25, -0.2) is 4.98 Å². The van der Waals surface area contributed by atoms with Gasteiger partial charge in [-0.2, -0.15) is 0 Å². The lowest BCUT2D eigenvalue weighted by atomic mass is 10.2. The molecule has 3 rings (SSSR count). The van der Waals surface area contributed by atoms with E-state index in [0.29, 0.717) is 11.9 Å². The summed E-state index contributed by atoms with van der Waals surface area (Å²) in [5, 5.41) is 2.05. The molecule has 0 amide bonds. The van der Waals surface area contributed by atoms with Crippen molar-refractivity contribution in [1.29, 1.82) is 0 Å². The van der Waals surface area contributed by atoms with Gasteiger partial charge in [0, 0.05) is 24.7 Å². The zero-order valence-electron chi connectivity index (χ0n) is 10.1. The van der Waals surface area contributed by atoms with E-state index >= 15 is 0 Å². The molecule has 0 aliphatic heterocycles. The van der Waals surface area contributed by atoms with Gasteiger partial charge in [-0.15, -0.1) is 22.9 Å². The number of fused-ring (bicyclic) bond motifs is 1. The van der Waals surface area contributed by atoms with Crippen molar-refractivity contribution in [3.8, 4) is 0 Å². The second-order valence-corrected chi connectivity index (χ2v) is 5.90. The first-order valence-electron chi connectivity index (χ1n) is 5.95. The number of halogens is 1. The van der Waals surface area contributed by atoms with Crippen LogP contribution in [0.1, 0.15) is 25.5 Å². The molecular formula is C12H16ClN3S. The largest absolute Gasteiger partial charge is 0.355 e. The Morgan fingerprint density at radius 1 is 1.65 bits per heavy atom. The number of anilines is 1. The van der Waals surface area contributed by atoms with Crippen LogP contribution in [0.2, 0.25) is 0 Å². The number of rotatable bonds is 4. The zero-order valence-corrected chi connectivity index (χ0v) is 11.6. The summed E-state index contributed by atoms with van der Waals surface area (Å²) in [4.78, 5) is 8.02. The van der Waals surface area contributed by atoms with E-state index in [1.54, 1.807) is 11.3 Å². The summed E-state index contributed by atoms with van der Waals surface area (Å²) in [6, 6.07) is 0.557. The summed E-state index contributed by atoms with van der Waals surface area (Å²) in [6.45, 7) is 2.28. The van der Waals surface area contributed by atoms with Gasteiger partial charge < -0.3 is 4.90 Å². The third-order valence-corrected chi connectivity index (χ3v) is 4.73. The van der Waals surface area contributed by atoms with Crippen molar-refractivity contribution in [3.05, 3.63) is 17.3 Å². The van der Waals surface area contributed by atoms with Crippen LogP contribution in [0, 0.1) is 5.92 Å². The lowest BCUT2D eigenvalue weighted by Crippen LogP contribution is -2.31. The summed E-state index contributed by atoms with van der Waals surface area (Å²) in [6.07, 6.45) is 4.75. The fraction of sp³-hybridized carbons (Fsp3) is 0.583.